The van der Waals surface area contributed by atoms with E-state index in [-0.39, 0.29) is 5.78 Å². The van der Waals surface area contributed by atoms with Crippen LogP contribution in [0.15, 0.2) is 22.7 Å². The van der Waals surface area contributed by atoms with Gasteiger partial charge in [-0.2, -0.15) is 0 Å². The van der Waals surface area contributed by atoms with E-state index in [0.717, 1.165) is 15.8 Å². The second kappa shape index (κ2) is 6.04. The number of methoxy groups -OCH3 is 1. The number of halogens is 1. The molecule has 0 amide bonds. The summed E-state index contributed by atoms with van der Waals surface area (Å²) in [6.07, 6.45) is 1.14. The van der Waals surface area contributed by atoms with Crippen LogP contribution < -0.4 is 4.74 Å². The summed E-state index contributed by atoms with van der Waals surface area (Å²) in [5.41, 5.74) is 1.03. The number of Topliss-reactive ketones (excluding diaryl/α,β-unsaturated/α-hetero) is 1. The summed E-state index contributed by atoms with van der Waals surface area (Å²) in [4.78, 5) is 11.6. The van der Waals surface area contributed by atoms with E-state index in [2.05, 4.69) is 29.8 Å². The molecule has 1 rings (SSSR count). The van der Waals surface area contributed by atoms with E-state index in [0.29, 0.717) is 18.8 Å². The number of ketones is 1. The molecule has 0 bridgehead atoms. The van der Waals surface area contributed by atoms with E-state index in [1.54, 1.807) is 7.11 Å². The molecule has 0 saturated heterocycles. The topological polar surface area (TPSA) is 26.3 Å². The van der Waals surface area contributed by atoms with Gasteiger partial charge in [0.25, 0.3) is 0 Å². The third-order valence-electron chi connectivity index (χ3n) is 2.25. The molecule has 0 atom stereocenters. The second-order valence-corrected chi connectivity index (χ2v) is 5.14. The maximum Gasteiger partial charge on any atom is 0.137 e. The summed E-state index contributed by atoms with van der Waals surface area (Å²) in [6, 6.07) is 5.75. The zero-order valence-electron chi connectivity index (χ0n) is 9.92. The van der Waals surface area contributed by atoms with Crippen molar-refractivity contribution in [2.75, 3.05) is 7.11 Å². The van der Waals surface area contributed by atoms with Gasteiger partial charge in [-0.1, -0.05) is 19.9 Å². The Hall–Kier alpha value is -0.830. The van der Waals surface area contributed by atoms with Crippen LogP contribution >= 0.6 is 15.9 Å². The highest BCUT2D eigenvalue weighted by atomic mass is 79.9. The fourth-order valence-electron chi connectivity index (χ4n) is 1.58. The monoisotopic (exact) mass is 284 g/mol. The van der Waals surface area contributed by atoms with Crippen molar-refractivity contribution in [3.63, 3.8) is 0 Å². The van der Waals surface area contributed by atoms with Crippen LogP contribution in [0.5, 0.6) is 5.75 Å². The summed E-state index contributed by atoms with van der Waals surface area (Å²) >= 11 is 3.41. The molecule has 16 heavy (non-hydrogen) atoms. The first-order chi connectivity index (χ1) is 7.52. The number of rotatable bonds is 5. The van der Waals surface area contributed by atoms with Gasteiger partial charge in [0.05, 0.1) is 11.6 Å². The van der Waals surface area contributed by atoms with E-state index in [1.807, 2.05) is 18.2 Å². The van der Waals surface area contributed by atoms with Crippen LogP contribution in [0.25, 0.3) is 0 Å². The number of carbonyl (C=O) groups is 1. The van der Waals surface area contributed by atoms with Crippen LogP contribution in [0.3, 0.4) is 0 Å². The first-order valence-electron chi connectivity index (χ1n) is 5.37. The summed E-state index contributed by atoms with van der Waals surface area (Å²) in [5.74, 6) is 1.50. The maximum absolute atomic E-state index is 11.6. The molecule has 0 aliphatic carbocycles. The lowest BCUT2D eigenvalue weighted by atomic mass is 10.0. The van der Waals surface area contributed by atoms with Crippen molar-refractivity contribution < 1.29 is 9.53 Å². The molecule has 0 unspecified atom stereocenters. The molecule has 1 aromatic rings. The lowest BCUT2D eigenvalue weighted by molar-refractivity contribution is -0.119. The van der Waals surface area contributed by atoms with Crippen molar-refractivity contribution in [1.29, 1.82) is 0 Å². The molecule has 0 aromatic heterocycles. The van der Waals surface area contributed by atoms with Gasteiger partial charge in [0.15, 0.2) is 0 Å². The smallest absolute Gasteiger partial charge is 0.137 e. The van der Waals surface area contributed by atoms with E-state index < -0.39 is 0 Å². The van der Waals surface area contributed by atoms with E-state index in [1.165, 1.54) is 0 Å². The Balaban J connectivity index is 2.68. The molecule has 1 aromatic carbocycles. The highest BCUT2D eigenvalue weighted by Crippen LogP contribution is 2.25. The fourth-order valence-corrected chi connectivity index (χ4v) is 2.16. The minimum atomic E-state index is 0.284. The van der Waals surface area contributed by atoms with Gasteiger partial charge in [0.2, 0.25) is 0 Å². The number of ether oxygens (including phenoxy) is 1. The molecular weight excluding hydrogens is 268 g/mol. The second-order valence-electron chi connectivity index (χ2n) is 4.28. The summed E-state index contributed by atoms with van der Waals surface area (Å²) in [7, 11) is 1.63. The number of carbonyl (C=O) groups excluding carboxylic acids is 1. The quantitative estimate of drug-likeness (QED) is 0.826. The summed E-state index contributed by atoms with van der Waals surface area (Å²) in [5, 5.41) is 0. The average Bonchev–Trinajstić information content (AvgIpc) is 2.16. The van der Waals surface area contributed by atoms with E-state index >= 15 is 0 Å². The summed E-state index contributed by atoms with van der Waals surface area (Å²) < 4.78 is 6.03. The molecule has 0 fully saturated rings. The maximum atomic E-state index is 11.6. The predicted octanol–water partition coefficient (Wildman–Crippen LogP) is 3.62. The molecule has 0 aliphatic heterocycles. The number of benzene rings is 1. The molecule has 3 heteroatoms. The molecule has 0 N–H and O–H groups in total. The lowest BCUT2D eigenvalue weighted by Crippen LogP contribution is -2.06. The standard InChI is InChI=1S/C13H17BrO2/c1-9(2)6-11(15)7-10-4-5-13(16-3)12(14)8-10/h4-5,8-9H,6-7H2,1-3H3. The Bertz CT molecular complexity index is 372. The largest absolute Gasteiger partial charge is 0.496 e. The molecule has 88 valence electrons. The van der Waals surface area contributed by atoms with Gasteiger partial charge in [-0.15, -0.1) is 0 Å². The minimum absolute atomic E-state index is 0.284. The van der Waals surface area contributed by atoms with Gasteiger partial charge in [-0.25, -0.2) is 0 Å². The summed E-state index contributed by atoms with van der Waals surface area (Å²) in [6.45, 7) is 4.11. The first-order valence-corrected chi connectivity index (χ1v) is 6.16. The Morgan fingerprint density at radius 1 is 1.44 bits per heavy atom. The average molecular weight is 285 g/mol. The normalized spacial score (nSPS) is 10.6. The zero-order chi connectivity index (χ0) is 12.1. The lowest BCUT2D eigenvalue weighted by Gasteiger charge is -2.07. The Morgan fingerprint density at radius 3 is 2.62 bits per heavy atom. The Morgan fingerprint density at radius 2 is 2.12 bits per heavy atom. The van der Waals surface area contributed by atoms with Crippen molar-refractivity contribution >= 4 is 21.7 Å². The Kier molecular flexibility index (Phi) is 5.00. The van der Waals surface area contributed by atoms with Gasteiger partial charge in [0, 0.05) is 12.8 Å². The highest BCUT2D eigenvalue weighted by Gasteiger charge is 2.08. The van der Waals surface area contributed by atoms with Crippen LogP contribution in [0.1, 0.15) is 25.8 Å². The number of hydrogen-bond acceptors (Lipinski definition) is 2. The van der Waals surface area contributed by atoms with Gasteiger partial charge in [0.1, 0.15) is 11.5 Å². The van der Waals surface area contributed by atoms with Crippen molar-refractivity contribution in [2.45, 2.75) is 26.7 Å². The van der Waals surface area contributed by atoms with Crippen LogP contribution in [0, 0.1) is 5.92 Å². The zero-order valence-corrected chi connectivity index (χ0v) is 11.5. The molecule has 0 spiro atoms. The molecule has 0 saturated carbocycles. The molecule has 0 heterocycles. The van der Waals surface area contributed by atoms with Crippen LogP contribution in [-0.4, -0.2) is 12.9 Å². The third kappa shape index (κ3) is 3.97. The van der Waals surface area contributed by atoms with Crippen molar-refractivity contribution in [3.05, 3.63) is 28.2 Å². The molecule has 2 nitrogen and oxygen atoms in total. The molecule has 0 radical (unpaired) electrons. The molecular formula is C13H17BrO2. The minimum Gasteiger partial charge on any atom is -0.496 e. The third-order valence-corrected chi connectivity index (χ3v) is 2.87. The van der Waals surface area contributed by atoms with Crippen molar-refractivity contribution in [2.24, 2.45) is 5.92 Å². The van der Waals surface area contributed by atoms with Crippen LogP contribution in [-0.2, 0) is 11.2 Å². The predicted molar refractivity (Wildman–Crippen MR) is 68.9 cm³/mol. The van der Waals surface area contributed by atoms with Crippen LogP contribution in [0.4, 0.5) is 0 Å². The highest BCUT2D eigenvalue weighted by molar-refractivity contribution is 9.10. The fraction of sp³-hybridized carbons (Fsp3) is 0.462. The Labute approximate surface area is 105 Å². The van der Waals surface area contributed by atoms with Gasteiger partial charge in [-0.05, 0) is 39.5 Å². The SMILES string of the molecule is COc1ccc(CC(=O)CC(C)C)cc1Br. The van der Waals surface area contributed by atoms with Gasteiger partial charge >= 0.3 is 0 Å². The van der Waals surface area contributed by atoms with Crippen molar-refractivity contribution in [3.8, 4) is 5.75 Å². The first kappa shape index (κ1) is 13.2. The van der Waals surface area contributed by atoms with Crippen molar-refractivity contribution in [1.82, 2.24) is 0 Å². The van der Waals surface area contributed by atoms with E-state index in [4.69, 9.17) is 4.74 Å². The number of hydrogen-bond donors (Lipinski definition) is 0. The van der Waals surface area contributed by atoms with Gasteiger partial charge in [-0.3, -0.25) is 4.79 Å². The molecule has 0 aliphatic rings. The van der Waals surface area contributed by atoms with E-state index in [9.17, 15) is 4.79 Å². The van der Waals surface area contributed by atoms with Gasteiger partial charge < -0.3 is 4.74 Å². The van der Waals surface area contributed by atoms with Crippen LogP contribution in [0.2, 0.25) is 0 Å².